The molecule has 1 heterocycles. The van der Waals surface area contributed by atoms with Crippen molar-refractivity contribution < 1.29 is 9.84 Å². The molecule has 12 heavy (non-hydrogen) atoms. The van der Waals surface area contributed by atoms with E-state index in [4.69, 9.17) is 10.5 Å². The van der Waals surface area contributed by atoms with Crippen molar-refractivity contribution in [2.24, 2.45) is 5.73 Å². The van der Waals surface area contributed by atoms with Gasteiger partial charge in [0, 0.05) is 0 Å². The van der Waals surface area contributed by atoms with Gasteiger partial charge in [-0.2, -0.15) is 0 Å². The zero-order chi connectivity index (χ0) is 8.81. The van der Waals surface area contributed by atoms with Crippen LogP contribution in [-0.4, -0.2) is 43.6 Å². The lowest BCUT2D eigenvalue weighted by atomic mass is 10.2. The number of nitrogens with one attached hydrogen (secondary N) is 1. The van der Waals surface area contributed by atoms with Crippen LogP contribution >= 0.6 is 0 Å². The van der Waals surface area contributed by atoms with Crippen LogP contribution in [0.25, 0.3) is 0 Å². The minimum atomic E-state index is -0.331. The molecule has 0 amide bonds. The van der Waals surface area contributed by atoms with Crippen LogP contribution in [0.15, 0.2) is 0 Å². The second kappa shape index (κ2) is 5.48. The van der Waals surface area contributed by atoms with Gasteiger partial charge in [-0.3, -0.25) is 0 Å². The van der Waals surface area contributed by atoms with E-state index >= 15 is 0 Å². The smallest absolute Gasteiger partial charge is 0.0948 e. The molecule has 0 bridgehead atoms. The highest BCUT2D eigenvalue weighted by Gasteiger charge is 2.24. The summed E-state index contributed by atoms with van der Waals surface area (Å²) in [6.07, 6.45) is 1.78. The minimum absolute atomic E-state index is 0.128. The number of hydrogen-bond acceptors (Lipinski definition) is 4. The maximum Gasteiger partial charge on any atom is 0.0948 e. The highest BCUT2D eigenvalue weighted by molar-refractivity contribution is 4.80. The second-order valence-corrected chi connectivity index (χ2v) is 3.16. The van der Waals surface area contributed by atoms with Gasteiger partial charge in [-0.25, -0.2) is 0 Å². The summed E-state index contributed by atoms with van der Waals surface area (Å²) >= 11 is 0. The fraction of sp³-hybridized carbons (Fsp3) is 1.00. The van der Waals surface area contributed by atoms with Gasteiger partial charge in [0.2, 0.25) is 0 Å². The Morgan fingerprint density at radius 1 is 1.42 bits per heavy atom. The van der Waals surface area contributed by atoms with E-state index in [1.54, 1.807) is 0 Å². The van der Waals surface area contributed by atoms with E-state index < -0.39 is 0 Å². The average Bonchev–Trinajstić information content (AvgIpc) is 2.46. The Morgan fingerprint density at radius 2 is 2.25 bits per heavy atom. The van der Waals surface area contributed by atoms with Crippen LogP contribution in [-0.2, 0) is 4.74 Å². The molecule has 4 N–H and O–H groups in total. The third kappa shape index (κ3) is 3.06. The first-order chi connectivity index (χ1) is 5.84. The van der Waals surface area contributed by atoms with Crippen molar-refractivity contribution in [1.29, 1.82) is 0 Å². The van der Waals surface area contributed by atoms with Gasteiger partial charge in [0.05, 0.1) is 25.4 Å². The Kier molecular flexibility index (Phi) is 4.53. The predicted octanol–water partition coefficient (Wildman–Crippen LogP) is -0.925. The molecule has 4 nitrogen and oxygen atoms in total. The Labute approximate surface area is 73.1 Å². The molecule has 1 saturated heterocycles. The Bertz CT molecular complexity index is 122. The Balaban J connectivity index is 1.98. The first-order valence-corrected chi connectivity index (χ1v) is 4.54. The molecule has 1 rings (SSSR count). The van der Waals surface area contributed by atoms with Crippen LogP contribution in [0.4, 0.5) is 0 Å². The fourth-order valence-corrected chi connectivity index (χ4v) is 1.29. The quantitative estimate of drug-likeness (QED) is 0.471. The summed E-state index contributed by atoms with van der Waals surface area (Å²) in [6, 6.07) is 0.128. The monoisotopic (exact) mass is 174 g/mol. The second-order valence-electron chi connectivity index (χ2n) is 3.16. The molecule has 1 fully saturated rings. The van der Waals surface area contributed by atoms with Crippen LogP contribution in [0.1, 0.15) is 12.8 Å². The Hall–Kier alpha value is -0.160. The normalized spacial score (nSPS) is 29.5. The number of hydrogen-bond donors (Lipinski definition) is 3. The van der Waals surface area contributed by atoms with Gasteiger partial charge in [-0.05, 0) is 25.9 Å². The summed E-state index contributed by atoms with van der Waals surface area (Å²) < 4.78 is 5.09. The summed E-state index contributed by atoms with van der Waals surface area (Å²) in [7, 11) is 0. The van der Waals surface area contributed by atoms with Gasteiger partial charge in [-0.15, -0.1) is 0 Å². The van der Waals surface area contributed by atoms with Gasteiger partial charge >= 0.3 is 0 Å². The summed E-state index contributed by atoms with van der Waals surface area (Å²) in [5.41, 5.74) is 5.35. The van der Waals surface area contributed by atoms with Crippen LogP contribution in [0.3, 0.4) is 0 Å². The molecule has 0 aromatic heterocycles. The summed E-state index contributed by atoms with van der Waals surface area (Å²) in [4.78, 5) is 0. The molecule has 0 spiro atoms. The fourth-order valence-electron chi connectivity index (χ4n) is 1.29. The molecule has 1 aliphatic rings. The van der Waals surface area contributed by atoms with E-state index in [2.05, 4.69) is 5.32 Å². The van der Waals surface area contributed by atoms with Gasteiger partial charge in [0.1, 0.15) is 0 Å². The topological polar surface area (TPSA) is 67.5 Å². The third-order valence-corrected chi connectivity index (χ3v) is 2.09. The molecule has 0 aromatic rings. The highest BCUT2D eigenvalue weighted by atomic mass is 16.5. The number of unbranched alkanes of at least 4 members (excludes halogenated alkanes) is 1. The van der Waals surface area contributed by atoms with E-state index in [1.165, 1.54) is 0 Å². The molecule has 1 aliphatic heterocycles. The van der Waals surface area contributed by atoms with Crippen molar-refractivity contribution in [1.82, 2.24) is 5.32 Å². The van der Waals surface area contributed by atoms with Crippen LogP contribution in [0.2, 0.25) is 0 Å². The lowest BCUT2D eigenvalue weighted by Gasteiger charge is -2.13. The first-order valence-electron chi connectivity index (χ1n) is 4.54. The molecule has 0 radical (unpaired) electrons. The first kappa shape index (κ1) is 9.92. The van der Waals surface area contributed by atoms with Crippen molar-refractivity contribution in [3.8, 4) is 0 Å². The lowest BCUT2D eigenvalue weighted by Crippen LogP contribution is -2.39. The Morgan fingerprint density at radius 3 is 2.83 bits per heavy atom. The molecular weight excluding hydrogens is 156 g/mol. The van der Waals surface area contributed by atoms with Gasteiger partial charge in [-0.1, -0.05) is 0 Å². The summed E-state index contributed by atoms with van der Waals surface area (Å²) in [5, 5.41) is 12.6. The lowest BCUT2D eigenvalue weighted by molar-refractivity contribution is 0.122. The van der Waals surface area contributed by atoms with Crippen molar-refractivity contribution in [3.63, 3.8) is 0 Å². The molecule has 0 unspecified atom stereocenters. The molecular formula is C8H18N2O2. The summed E-state index contributed by atoms with van der Waals surface area (Å²) in [6.45, 7) is 2.76. The van der Waals surface area contributed by atoms with E-state index in [1.807, 2.05) is 0 Å². The van der Waals surface area contributed by atoms with Gasteiger partial charge < -0.3 is 20.9 Å². The van der Waals surface area contributed by atoms with E-state index in [-0.39, 0.29) is 12.1 Å². The SMILES string of the molecule is NCCCCN[C@@H]1COC[C@H]1O. The third-order valence-electron chi connectivity index (χ3n) is 2.09. The highest BCUT2D eigenvalue weighted by Crippen LogP contribution is 2.04. The summed E-state index contributed by atoms with van der Waals surface area (Å²) in [5.74, 6) is 0. The molecule has 0 saturated carbocycles. The van der Waals surface area contributed by atoms with Crippen molar-refractivity contribution in [2.45, 2.75) is 25.0 Å². The van der Waals surface area contributed by atoms with Crippen LogP contribution < -0.4 is 11.1 Å². The van der Waals surface area contributed by atoms with E-state index in [9.17, 15) is 5.11 Å². The van der Waals surface area contributed by atoms with Gasteiger partial charge in [0.15, 0.2) is 0 Å². The number of ether oxygens (including phenoxy) is 1. The number of rotatable bonds is 5. The van der Waals surface area contributed by atoms with Crippen LogP contribution in [0, 0.1) is 0 Å². The molecule has 0 aromatic carbocycles. The maximum absolute atomic E-state index is 9.33. The largest absolute Gasteiger partial charge is 0.389 e. The van der Waals surface area contributed by atoms with Crippen molar-refractivity contribution >= 4 is 0 Å². The molecule has 4 heteroatoms. The molecule has 2 atom stereocenters. The number of aliphatic hydroxyl groups is 1. The van der Waals surface area contributed by atoms with Crippen molar-refractivity contribution in [3.05, 3.63) is 0 Å². The van der Waals surface area contributed by atoms with Crippen molar-refractivity contribution in [2.75, 3.05) is 26.3 Å². The molecule has 72 valence electrons. The van der Waals surface area contributed by atoms with E-state index in [0.29, 0.717) is 13.2 Å². The van der Waals surface area contributed by atoms with Crippen LogP contribution in [0.5, 0.6) is 0 Å². The predicted molar refractivity (Wildman–Crippen MR) is 46.9 cm³/mol. The van der Waals surface area contributed by atoms with E-state index in [0.717, 1.165) is 25.9 Å². The maximum atomic E-state index is 9.33. The standard InChI is InChI=1S/C8H18N2O2/c9-3-1-2-4-10-7-5-12-6-8(7)11/h7-8,10-11H,1-6,9H2/t7-,8-/m1/s1. The zero-order valence-electron chi connectivity index (χ0n) is 7.33. The molecule has 0 aliphatic carbocycles. The zero-order valence-corrected chi connectivity index (χ0v) is 7.33. The minimum Gasteiger partial charge on any atom is -0.389 e. The average molecular weight is 174 g/mol. The number of nitrogens with two attached hydrogens (primary N) is 1. The number of aliphatic hydroxyl groups excluding tert-OH is 1. The van der Waals surface area contributed by atoms with Gasteiger partial charge in [0.25, 0.3) is 0 Å².